The summed E-state index contributed by atoms with van der Waals surface area (Å²) in [7, 11) is 0. The van der Waals surface area contributed by atoms with Gasteiger partial charge in [-0.05, 0) is 43.5 Å². The molecule has 0 heterocycles. The molecule has 3 heteroatoms. The maximum absolute atomic E-state index is 6.10. The van der Waals surface area contributed by atoms with Crippen LogP contribution in [0.5, 0.6) is 0 Å². The van der Waals surface area contributed by atoms with E-state index in [1.54, 1.807) is 0 Å². The minimum atomic E-state index is 0.286. The van der Waals surface area contributed by atoms with Gasteiger partial charge in [0.25, 0.3) is 0 Å². The Balaban J connectivity index is 2.15. The Morgan fingerprint density at radius 2 is 2.07 bits per heavy atom. The Kier molecular flexibility index (Phi) is 3.01. The van der Waals surface area contributed by atoms with E-state index in [9.17, 15) is 0 Å². The SMILES string of the molecule is C[C@@H](NC1CC1)c1cc(Cl)ccc1Cl. The van der Waals surface area contributed by atoms with Crippen molar-refractivity contribution in [2.75, 3.05) is 0 Å². The molecule has 0 spiro atoms. The van der Waals surface area contributed by atoms with Crippen molar-refractivity contribution in [2.24, 2.45) is 0 Å². The lowest BCUT2D eigenvalue weighted by atomic mass is 10.1. The van der Waals surface area contributed by atoms with Crippen LogP contribution in [0.4, 0.5) is 0 Å². The van der Waals surface area contributed by atoms with Gasteiger partial charge in [-0.3, -0.25) is 0 Å². The molecule has 0 radical (unpaired) electrons. The summed E-state index contributed by atoms with van der Waals surface area (Å²) in [4.78, 5) is 0. The molecule has 0 bridgehead atoms. The Hall–Kier alpha value is -0.240. The second kappa shape index (κ2) is 4.09. The van der Waals surface area contributed by atoms with Crippen molar-refractivity contribution in [3.05, 3.63) is 33.8 Å². The molecule has 1 saturated carbocycles. The highest BCUT2D eigenvalue weighted by atomic mass is 35.5. The van der Waals surface area contributed by atoms with E-state index in [2.05, 4.69) is 12.2 Å². The Labute approximate surface area is 94.4 Å². The molecule has 1 aromatic carbocycles. The Morgan fingerprint density at radius 1 is 1.36 bits per heavy atom. The molecule has 14 heavy (non-hydrogen) atoms. The lowest BCUT2D eigenvalue weighted by molar-refractivity contribution is 0.571. The second-order valence-corrected chi connectivity index (χ2v) is 4.67. The summed E-state index contributed by atoms with van der Waals surface area (Å²) >= 11 is 12.0. The van der Waals surface area contributed by atoms with Gasteiger partial charge in [0.1, 0.15) is 0 Å². The van der Waals surface area contributed by atoms with Crippen LogP contribution in [-0.4, -0.2) is 6.04 Å². The molecule has 0 aromatic heterocycles. The number of benzene rings is 1. The third-order valence-corrected chi connectivity index (χ3v) is 3.07. The van der Waals surface area contributed by atoms with Gasteiger partial charge in [0.05, 0.1) is 0 Å². The first-order chi connectivity index (χ1) is 6.66. The zero-order chi connectivity index (χ0) is 10.1. The number of halogens is 2. The van der Waals surface area contributed by atoms with E-state index in [-0.39, 0.29) is 6.04 Å². The summed E-state index contributed by atoms with van der Waals surface area (Å²) in [5, 5.41) is 5.03. The molecule has 1 aromatic rings. The fourth-order valence-electron chi connectivity index (χ4n) is 1.54. The Morgan fingerprint density at radius 3 is 2.71 bits per heavy atom. The molecule has 0 unspecified atom stereocenters. The molecule has 1 aliphatic rings. The topological polar surface area (TPSA) is 12.0 Å². The third kappa shape index (κ3) is 2.41. The molecule has 0 saturated heterocycles. The van der Waals surface area contributed by atoms with Crippen LogP contribution >= 0.6 is 23.2 Å². The quantitative estimate of drug-likeness (QED) is 0.832. The van der Waals surface area contributed by atoms with E-state index >= 15 is 0 Å². The van der Waals surface area contributed by atoms with E-state index in [1.807, 2.05) is 18.2 Å². The Bertz CT molecular complexity index is 334. The average molecular weight is 230 g/mol. The van der Waals surface area contributed by atoms with Crippen LogP contribution in [0.2, 0.25) is 10.0 Å². The molecule has 1 aliphatic carbocycles. The highest BCUT2D eigenvalue weighted by Crippen LogP contribution is 2.29. The van der Waals surface area contributed by atoms with Crippen LogP contribution in [-0.2, 0) is 0 Å². The first kappa shape index (κ1) is 10.3. The first-order valence-electron chi connectivity index (χ1n) is 4.88. The monoisotopic (exact) mass is 229 g/mol. The smallest absolute Gasteiger partial charge is 0.0454 e. The maximum Gasteiger partial charge on any atom is 0.0454 e. The fraction of sp³-hybridized carbons (Fsp3) is 0.455. The fourth-order valence-corrected chi connectivity index (χ4v) is 2.00. The van der Waals surface area contributed by atoms with Gasteiger partial charge in [-0.25, -0.2) is 0 Å². The zero-order valence-electron chi connectivity index (χ0n) is 8.06. The van der Waals surface area contributed by atoms with E-state index in [0.717, 1.165) is 15.6 Å². The van der Waals surface area contributed by atoms with E-state index in [1.165, 1.54) is 12.8 Å². The first-order valence-corrected chi connectivity index (χ1v) is 5.63. The number of hydrogen-bond acceptors (Lipinski definition) is 1. The summed E-state index contributed by atoms with van der Waals surface area (Å²) in [5.74, 6) is 0. The lowest BCUT2D eigenvalue weighted by Crippen LogP contribution is -2.20. The number of rotatable bonds is 3. The van der Waals surface area contributed by atoms with Crippen LogP contribution in [0.3, 0.4) is 0 Å². The van der Waals surface area contributed by atoms with E-state index in [0.29, 0.717) is 6.04 Å². The van der Waals surface area contributed by atoms with Crippen LogP contribution in [0.15, 0.2) is 18.2 Å². The molecular formula is C11H13Cl2N. The molecule has 1 nitrogen and oxygen atoms in total. The summed E-state index contributed by atoms with van der Waals surface area (Å²) in [6, 6.07) is 6.57. The molecule has 1 fully saturated rings. The van der Waals surface area contributed by atoms with E-state index < -0.39 is 0 Å². The second-order valence-electron chi connectivity index (χ2n) is 3.83. The minimum Gasteiger partial charge on any atom is -0.307 e. The summed E-state index contributed by atoms with van der Waals surface area (Å²) in [5.41, 5.74) is 1.09. The van der Waals surface area contributed by atoms with Crippen molar-refractivity contribution in [2.45, 2.75) is 31.8 Å². The van der Waals surface area contributed by atoms with Crippen molar-refractivity contribution in [1.82, 2.24) is 5.32 Å². The third-order valence-electron chi connectivity index (χ3n) is 2.49. The predicted molar refractivity (Wildman–Crippen MR) is 61.0 cm³/mol. The molecule has 0 aliphatic heterocycles. The van der Waals surface area contributed by atoms with Crippen molar-refractivity contribution < 1.29 is 0 Å². The van der Waals surface area contributed by atoms with Crippen LogP contribution in [0.1, 0.15) is 31.4 Å². The molecular weight excluding hydrogens is 217 g/mol. The van der Waals surface area contributed by atoms with Crippen LogP contribution in [0.25, 0.3) is 0 Å². The van der Waals surface area contributed by atoms with Gasteiger partial charge in [-0.1, -0.05) is 23.2 Å². The number of nitrogens with one attached hydrogen (secondary N) is 1. The van der Waals surface area contributed by atoms with Crippen LogP contribution < -0.4 is 5.32 Å². The van der Waals surface area contributed by atoms with Gasteiger partial charge in [0.15, 0.2) is 0 Å². The summed E-state index contributed by atoms with van der Waals surface area (Å²) in [6.45, 7) is 2.12. The normalized spacial score (nSPS) is 18.2. The van der Waals surface area contributed by atoms with Crippen molar-refractivity contribution >= 4 is 23.2 Å². The van der Waals surface area contributed by atoms with Gasteiger partial charge in [-0.2, -0.15) is 0 Å². The summed E-state index contributed by atoms with van der Waals surface area (Å²) in [6.07, 6.45) is 2.56. The van der Waals surface area contributed by atoms with Gasteiger partial charge in [-0.15, -0.1) is 0 Å². The molecule has 2 rings (SSSR count). The summed E-state index contributed by atoms with van der Waals surface area (Å²) < 4.78 is 0. The lowest BCUT2D eigenvalue weighted by Gasteiger charge is -2.15. The van der Waals surface area contributed by atoms with Crippen molar-refractivity contribution in [3.8, 4) is 0 Å². The molecule has 1 atom stereocenters. The molecule has 1 N–H and O–H groups in total. The van der Waals surface area contributed by atoms with Gasteiger partial charge in [0.2, 0.25) is 0 Å². The largest absolute Gasteiger partial charge is 0.307 e. The van der Waals surface area contributed by atoms with Crippen molar-refractivity contribution in [3.63, 3.8) is 0 Å². The van der Waals surface area contributed by atoms with E-state index in [4.69, 9.17) is 23.2 Å². The van der Waals surface area contributed by atoms with Crippen molar-refractivity contribution in [1.29, 1.82) is 0 Å². The van der Waals surface area contributed by atoms with Gasteiger partial charge >= 0.3 is 0 Å². The highest BCUT2D eigenvalue weighted by molar-refractivity contribution is 6.33. The zero-order valence-corrected chi connectivity index (χ0v) is 9.57. The van der Waals surface area contributed by atoms with Crippen LogP contribution in [0, 0.1) is 0 Å². The highest BCUT2D eigenvalue weighted by Gasteiger charge is 2.24. The van der Waals surface area contributed by atoms with Gasteiger partial charge in [0, 0.05) is 22.1 Å². The number of hydrogen-bond donors (Lipinski definition) is 1. The maximum atomic E-state index is 6.10. The molecule has 76 valence electrons. The minimum absolute atomic E-state index is 0.286. The predicted octanol–water partition coefficient (Wildman–Crippen LogP) is 3.81. The standard InChI is InChI=1S/C11H13Cl2N/c1-7(14-9-3-4-9)10-6-8(12)2-5-11(10)13/h2,5-7,9,14H,3-4H2,1H3/t7-/m1/s1. The average Bonchev–Trinajstić information content (AvgIpc) is 2.93. The van der Waals surface area contributed by atoms with Gasteiger partial charge < -0.3 is 5.32 Å². The molecule has 0 amide bonds.